The van der Waals surface area contributed by atoms with Crippen molar-refractivity contribution in [3.05, 3.63) is 181 Å². The second-order valence-electron chi connectivity index (χ2n) is 13.3. The van der Waals surface area contributed by atoms with Gasteiger partial charge in [-0.1, -0.05) is 146 Å². The van der Waals surface area contributed by atoms with Gasteiger partial charge in [0, 0.05) is 27.5 Å². The molecule has 3 aromatic heterocycles. The van der Waals surface area contributed by atoms with E-state index < -0.39 is 0 Å². The fourth-order valence-corrected chi connectivity index (χ4v) is 7.96. The fourth-order valence-electron chi connectivity index (χ4n) is 7.96. The van der Waals surface area contributed by atoms with Crippen molar-refractivity contribution < 1.29 is 0 Å². The predicted molar refractivity (Wildman–Crippen MR) is 209 cm³/mol. The molecule has 0 saturated heterocycles. The van der Waals surface area contributed by atoms with Crippen molar-refractivity contribution >= 4 is 49.2 Å². The lowest BCUT2D eigenvalue weighted by Crippen LogP contribution is -2.19. The van der Waals surface area contributed by atoms with Gasteiger partial charge in [-0.2, -0.15) is 15.0 Å². The predicted octanol–water partition coefficient (Wildman–Crippen LogP) is 11.1. The highest BCUT2D eigenvalue weighted by Gasteiger charge is 2.29. The van der Waals surface area contributed by atoms with E-state index in [1.807, 2.05) is 0 Å². The average molecular weight is 656 g/mol. The van der Waals surface area contributed by atoms with Crippen molar-refractivity contribution in [2.45, 2.75) is 12.8 Å². The number of para-hydroxylation sites is 4. The van der Waals surface area contributed by atoms with Gasteiger partial charge in [-0.25, -0.2) is 0 Å². The lowest BCUT2D eigenvalue weighted by molar-refractivity contribution is 0.608. The average Bonchev–Trinajstić information content (AvgIpc) is 3.71. The molecule has 0 amide bonds. The second-order valence-corrected chi connectivity index (χ2v) is 13.3. The van der Waals surface area contributed by atoms with Crippen LogP contribution < -0.4 is 0 Å². The highest BCUT2D eigenvalue weighted by Crippen LogP contribution is 2.40. The van der Waals surface area contributed by atoms with Crippen LogP contribution >= 0.6 is 0 Å². The molecule has 51 heavy (non-hydrogen) atoms. The quantitative estimate of drug-likeness (QED) is 0.185. The number of hydrogen-bond acceptors (Lipinski definition) is 3. The lowest BCUT2D eigenvalue weighted by Gasteiger charge is -2.26. The van der Waals surface area contributed by atoms with Crippen LogP contribution in [-0.4, -0.2) is 24.1 Å². The highest BCUT2D eigenvalue weighted by molar-refractivity contribution is 6.10. The van der Waals surface area contributed by atoms with E-state index in [2.05, 4.69) is 186 Å². The highest BCUT2D eigenvalue weighted by atomic mass is 15.3. The number of allylic oxidation sites excluding steroid dienone is 4. The summed E-state index contributed by atoms with van der Waals surface area (Å²) in [7, 11) is 0. The summed E-state index contributed by atoms with van der Waals surface area (Å²) in [4.78, 5) is 16.1. The molecule has 5 heteroatoms. The van der Waals surface area contributed by atoms with Crippen LogP contribution in [0.5, 0.6) is 0 Å². The molecule has 1 aliphatic carbocycles. The minimum Gasteiger partial charge on any atom is -0.278 e. The SMILES string of the molecule is CC1C(c2cccc(-c3ccccc3)c2)=CC=CC1c1nc(-n2c3ccccc3c3ccccc32)nc(-n2c3ccccc3c3ccccc32)n1. The molecule has 0 saturated carbocycles. The summed E-state index contributed by atoms with van der Waals surface area (Å²) in [6.07, 6.45) is 6.66. The molecule has 2 atom stereocenters. The van der Waals surface area contributed by atoms with Gasteiger partial charge in [0.1, 0.15) is 5.82 Å². The summed E-state index contributed by atoms with van der Waals surface area (Å²) in [5, 5.41) is 4.68. The van der Waals surface area contributed by atoms with Crippen LogP contribution in [0.3, 0.4) is 0 Å². The molecule has 10 rings (SSSR count). The van der Waals surface area contributed by atoms with Crippen LogP contribution in [0.1, 0.15) is 24.2 Å². The standard InChI is InChI=1S/C46H33N5/c1-30-34(33-18-13-17-32(29-33)31-15-3-2-4-16-31)23-14-24-35(30)44-47-45(50-40-25-9-5-19-36(40)37-20-6-10-26-41(37)50)49-46(48-44)51-42-27-11-7-21-38(42)39-22-8-12-28-43(39)51/h2-30,35H,1H3. The normalized spacial score (nSPS) is 16.0. The smallest absolute Gasteiger partial charge is 0.239 e. The molecular weight excluding hydrogens is 623 g/mol. The number of nitrogens with zero attached hydrogens (tertiary/aromatic N) is 5. The van der Waals surface area contributed by atoms with Gasteiger partial charge in [-0.05, 0) is 58.5 Å². The van der Waals surface area contributed by atoms with Gasteiger partial charge in [-0.15, -0.1) is 0 Å². The van der Waals surface area contributed by atoms with Crippen LogP contribution in [0.15, 0.2) is 170 Å². The minimum atomic E-state index is -0.0768. The Balaban J connectivity index is 1.19. The maximum Gasteiger partial charge on any atom is 0.239 e. The maximum atomic E-state index is 5.36. The van der Waals surface area contributed by atoms with Crippen molar-refractivity contribution in [2.75, 3.05) is 0 Å². The Morgan fingerprint density at radius 1 is 0.451 bits per heavy atom. The van der Waals surface area contributed by atoms with Crippen molar-refractivity contribution in [2.24, 2.45) is 5.92 Å². The van der Waals surface area contributed by atoms with E-state index in [1.165, 1.54) is 43.8 Å². The van der Waals surface area contributed by atoms with Crippen LogP contribution in [0.4, 0.5) is 0 Å². The van der Waals surface area contributed by atoms with E-state index in [0.29, 0.717) is 11.9 Å². The van der Waals surface area contributed by atoms with Crippen molar-refractivity contribution in [3.8, 4) is 23.0 Å². The first kappa shape index (κ1) is 29.3. The van der Waals surface area contributed by atoms with Crippen LogP contribution in [0, 0.1) is 5.92 Å². The molecule has 1 aliphatic rings. The van der Waals surface area contributed by atoms with Gasteiger partial charge in [0.15, 0.2) is 0 Å². The Hall–Kier alpha value is -6.59. The van der Waals surface area contributed by atoms with Crippen LogP contribution in [-0.2, 0) is 0 Å². The number of rotatable bonds is 5. The molecule has 6 aromatic carbocycles. The van der Waals surface area contributed by atoms with E-state index in [0.717, 1.165) is 27.9 Å². The topological polar surface area (TPSA) is 48.5 Å². The summed E-state index contributed by atoms with van der Waals surface area (Å²) in [6, 6.07) is 53.5. The Morgan fingerprint density at radius 2 is 0.902 bits per heavy atom. The van der Waals surface area contributed by atoms with Gasteiger partial charge < -0.3 is 0 Å². The summed E-state index contributed by atoms with van der Waals surface area (Å²) < 4.78 is 4.40. The Morgan fingerprint density at radius 3 is 1.43 bits per heavy atom. The Kier molecular flexibility index (Phi) is 6.78. The third-order valence-corrected chi connectivity index (χ3v) is 10.4. The van der Waals surface area contributed by atoms with Crippen LogP contribution in [0.2, 0.25) is 0 Å². The number of hydrogen-bond donors (Lipinski definition) is 0. The molecule has 0 aliphatic heterocycles. The Labute approximate surface area is 295 Å². The first-order valence-electron chi connectivity index (χ1n) is 17.5. The minimum absolute atomic E-state index is 0.0768. The fraction of sp³-hybridized carbons (Fsp3) is 0.0652. The van der Waals surface area contributed by atoms with E-state index in [1.54, 1.807) is 0 Å². The first-order chi connectivity index (χ1) is 25.2. The molecule has 242 valence electrons. The molecule has 0 radical (unpaired) electrons. The van der Waals surface area contributed by atoms with E-state index >= 15 is 0 Å². The molecule has 9 aromatic rings. The summed E-state index contributed by atoms with van der Waals surface area (Å²) in [6.45, 7) is 2.29. The third kappa shape index (κ3) is 4.73. The number of aromatic nitrogens is 5. The molecule has 0 bridgehead atoms. The van der Waals surface area contributed by atoms with E-state index in [-0.39, 0.29) is 11.8 Å². The van der Waals surface area contributed by atoms with Gasteiger partial charge >= 0.3 is 0 Å². The van der Waals surface area contributed by atoms with E-state index in [9.17, 15) is 0 Å². The molecule has 3 heterocycles. The zero-order valence-corrected chi connectivity index (χ0v) is 28.1. The monoisotopic (exact) mass is 655 g/mol. The molecular formula is C46H33N5. The molecule has 0 spiro atoms. The van der Waals surface area contributed by atoms with Gasteiger partial charge in [0.25, 0.3) is 0 Å². The summed E-state index contributed by atoms with van der Waals surface area (Å²) >= 11 is 0. The van der Waals surface area contributed by atoms with Crippen LogP contribution in [0.25, 0.3) is 72.2 Å². The Bertz CT molecular complexity index is 2600. The molecule has 0 fully saturated rings. The van der Waals surface area contributed by atoms with E-state index in [4.69, 9.17) is 15.0 Å². The number of benzene rings is 6. The van der Waals surface area contributed by atoms with Gasteiger partial charge in [-0.3, -0.25) is 9.13 Å². The maximum absolute atomic E-state index is 5.36. The van der Waals surface area contributed by atoms with Crippen molar-refractivity contribution in [3.63, 3.8) is 0 Å². The third-order valence-electron chi connectivity index (χ3n) is 10.4. The molecule has 0 N–H and O–H groups in total. The molecule has 2 unspecified atom stereocenters. The zero-order valence-electron chi connectivity index (χ0n) is 28.1. The summed E-state index contributed by atoms with van der Waals surface area (Å²) in [5.41, 5.74) is 9.14. The lowest BCUT2D eigenvalue weighted by atomic mass is 9.79. The summed E-state index contributed by atoms with van der Waals surface area (Å²) in [5.74, 6) is 1.99. The zero-order chi connectivity index (χ0) is 33.9. The van der Waals surface area contributed by atoms with Gasteiger partial charge in [0.05, 0.1) is 22.1 Å². The second kappa shape index (κ2) is 11.8. The van der Waals surface area contributed by atoms with Crippen molar-refractivity contribution in [1.82, 2.24) is 24.1 Å². The molecule has 5 nitrogen and oxygen atoms in total. The number of fused-ring (bicyclic) bond motifs is 6. The van der Waals surface area contributed by atoms with Gasteiger partial charge in [0.2, 0.25) is 11.9 Å². The largest absolute Gasteiger partial charge is 0.278 e. The first-order valence-corrected chi connectivity index (χ1v) is 17.5. The van der Waals surface area contributed by atoms with Crippen molar-refractivity contribution in [1.29, 1.82) is 0 Å².